The molecule has 0 aromatic heterocycles. The maximum Gasteiger partial charge on any atom is 0.226 e. The summed E-state index contributed by atoms with van der Waals surface area (Å²) in [6.07, 6.45) is 2.40. The molecule has 0 saturated carbocycles. The Morgan fingerprint density at radius 2 is 2.47 bits per heavy atom. The van der Waals surface area contributed by atoms with Crippen LogP contribution in [0.5, 0.6) is 0 Å². The van der Waals surface area contributed by atoms with E-state index in [1.807, 2.05) is 6.92 Å². The van der Waals surface area contributed by atoms with Crippen molar-refractivity contribution in [3.63, 3.8) is 0 Å². The molecule has 0 spiro atoms. The lowest BCUT2D eigenvalue weighted by Crippen LogP contribution is -2.48. The van der Waals surface area contributed by atoms with Crippen molar-refractivity contribution in [2.45, 2.75) is 38.6 Å². The third-order valence-electron chi connectivity index (χ3n) is 2.88. The Labute approximate surface area is 90.6 Å². The van der Waals surface area contributed by atoms with Crippen molar-refractivity contribution in [2.75, 3.05) is 13.2 Å². The maximum atomic E-state index is 11.8. The van der Waals surface area contributed by atoms with Crippen molar-refractivity contribution in [3.05, 3.63) is 0 Å². The number of ether oxygens (including phenoxy) is 1. The summed E-state index contributed by atoms with van der Waals surface area (Å²) in [5.74, 6) is -0.140. The van der Waals surface area contributed by atoms with Crippen LogP contribution < -0.4 is 5.32 Å². The monoisotopic (exact) mass is 210 g/mol. The molecule has 1 rings (SSSR count). The van der Waals surface area contributed by atoms with Gasteiger partial charge >= 0.3 is 0 Å². The second-order valence-electron chi connectivity index (χ2n) is 4.20. The summed E-state index contributed by atoms with van der Waals surface area (Å²) in [6.45, 7) is 4.86. The Hall–Kier alpha value is -1.08. The first kappa shape index (κ1) is 12.0. The molecule has 1 fully saturated rings. The molecule has 0 aromatic carbocycles. The number of hydrogen-bond donors (Lipinski definition) is 1. The first-order valence-corrected chi connectivity index (χ1v) is 5.42. The highest BCUT2D eigenvalue weighted by Gasteiger charge is 2.29. The molecular formula is C11H18N2O2. The summed E-state index contributed by atoms with van der Waals surface area (Å²) >= 11 is 0. The van der Waals surface area contributed by atoms with Gasteiger partial charge in [0.1, 0.15) is 5.54 Å². The Kier molecular flexibility index (Phi) is 4.10. The quantitative estimate of drug-likeness (QED) is 0.761. The Morgan fingerprint density at radius 1 is 1.73 bits per heavy atom. The molecular weight excluding hydrogens is 192 g/mol. The largest absolute Gasteiger partial charge is 0.381 e. The van der Waals surface area contributed by atoms with Crippen LogP contribution in [0, 0.1) is 17.2 Å². The fourth-order valence-electron chi connectivity index (χ4n) is 1.52. The molecule has 84 valence electrons. The number of hydrogen-bond acceptors (Lipinski definition) is 3. The SMILES string of the molecule is CCC(C)(C#N)NC(=O)C1CCCOC1. The van der Waals surface area contributed by atoms with Crippen LogP contribution >= 0.6 is 0 Å². The van der Waals surface area contributed by atoms with E-state index < -0.39 is 5.54 Å². The van der Waals surface area contributed by atoms with Crippen LogP contribution in [0.3, 0.4) is 0 Å². The van der Waals surface area contributed by atoms with Gasteiger partial charge in [-0.25, -0.2) is 0 Å². The zero-order chi connectivity index (χ0) is 11.3. The Morgan fingerprint density at radius 3 is 2.93 bits per heavy atom. The summed E-state index contributed by atoms with van der Waals surface area (Å²) in [6, 6.07) is 2.13. The second kappa shape index (κ2) is 5.13. The van der Waals surface area contributed by atoms with Gasteiger partial charge in [0.25, 0.3) is 0 Å². The topological polar surface area (TPSA) is 62.1 Å². The van der Waals surface area contributed by atoms with E-state index in [1.165, 1.54) is 0 Å². The predicted molar refractivity (Wildman–Crippen MR) is 56.0 cm³/mol. The van der Waals surface area contributed by atoms with Crippen LogP contribution in [-0.2, 0) is 9.53 Å². The minimum Gasteiger partial charge on any atom is -0.381 e. The molecule has 0 bridgehead atoms. The van der Waals surface area contributed by atoms with E-state index in [4.69, 9.17) is 10.00 Å². The standard InChI is InChI=1S/C11H18N2O2/c1-3-11(2,8-12)13-10(14)9-5-4-6-15-7-9/h9H,3-7H2,1-2H3,(H,13,14). The highest BCUT2D eigenvalue weighted by atomic mass is 16.5. The Bertz CT molecular complexity index is 266. The second-order valence-corrected chi connectivity index (χ2v) is 4.20. The maximum absolute atomic E-state index is 11.8. The molecule has 1 aliphatic rings. The summed E-state index contributed by atoms with van der Waals surface area (Å²) in [5.41, 5.74) is -0.742. The van der Waals surface area contributed by atoms with Crippen LogP contribution in [0.2, 0.25) is 0 Å². The van der Waals surface area contributed by atoms with E-state index in [-0.39, 0.29) is 11.8 Å². The van der Waals surface area contributed by atoms with Crippen molar-refractivity contribution in [1.29, 1.82) is 5.26 Å². The molecule has 2 unspecified atom stereocenters. The zero-order valence-electron chi connectivity index (χ0n) is 9.38. The van der Waals surface area contributed by atoms with E-state index in [1.54, 1.807) is 6.92 Å². The van der Waals surface area contributed by atoms with Crippen LogP contribution in [0.4, 0.5) is 0 Å². The average Bonchev–Trinajstić information content (AvgIpc) is 2.30. The van der Waals surface area contributed by atoms with E-state index in [2.05, 4.69) is 11.4 Å². The van der Waals surface area contributed by atoms with Gasteiger partial charge in [-0.2, -0.15) is 5.26 Å². The lowest BCUT2D eigenvalue weighted by molar-refractivity contribution is -0.130. The van der Waals surface area contributed by atoms with E-state index in [0.717, 1.165) is 19.4 Å². The van der Waals surface area contributed by atoms with Crippen molar-refractivity contribution in [3.8, 4) is 6.07 Å². The number of nitrogens with zero attached hydrogens (tertiary/aromatic N) is 1. The third kappa shape index (κ3) is 3.21. The summed E-state index contributed by atoms with van der Waals surface area (Å²) in [4.78, 5) is 11.8. The van der Waals surface area contributed by atoms with Gasteiger partial charge in [-0.15, -0.1) is 0 Å². The van der Waals surface area contributed by atoms with E-state index in [0.29, 0.717) is 13.0 Å². The van der Waals surface area contributed by atoms with Crippen LogP contribution in [0.25, 0.3) is 0 Å². The Balaban J connectivity index is 2.50. The van der Waals surface area contributed by atoms with Crippen molar-refractivity contribution >= 4 is 5.91 Å². The van der Waals surface area contributed by atoms with Gasteiger partial charge in [-0.3, -0.25) is 4.79 Å². The fraction of sp³-hybridized carbons (Fsp3) is 0.818. The summed E-state index contributed by atoms with van der Waals surface area (Å²) < 4.78 is 5.24. The highest BCUT2D eigenvalue weighted by Crippen LogP contribution is 2.16. The first-order chi connectivity index (χ1) is 7.11. The smallest absolute Gasteiger partial charge is 0.226 e. The number of carbonyl (C=O) groups is 1. The van der Waals surface area contributed by atoms with Gasteiger partial charge in [0.05, 0.1) is 18.6 Å². The van der Waals surface area contributed by atoms with E-state index >= 15 is 0 Å². The van der Waals surface area contributed by atoms with Gasteiger partial charge in [-0.05, 0) is 26.2 Å². The van der Waals surface area contributed by atoms with Crippen LogP contribution in [0.15, 0.2) is 0 Å². The van der Waals surface area contributed by atoms with Crippen LogP contribution in [0.1, 0.15) is 33.1 Å². The lowest BCUT2D eigenvalue weighted by atomic mass is 9.96. The molecule has 2 atom stereocenters. The number of nitrogens with one attached hydrogen (secondary N) is 1. The average molecular weight is 210 g/mol. The van der Waals surface area contributed by atoms with E-state index in [9.17, 15) is 4.79 Å². The third-order valence-corrected chi connectivity index (χ3v) is 2.88. The van der Waals surface area contributed by atoms with Gasteiger partial charge in [0.15, 0.2) is 0 Å². The molecule has 1 saturated heterocycles. The molecule has 0 aliphatic carbocycles. The normalized spacial score (nSPS) is 25.0. The molecule has 1 heterocycles. The van der Waals surface area contributed by atoms with Crippen LogP contribution in [-0.4, -0.2) is 24.7 Å². The number of nitriles is 1. The molecule has 1 N–H and O–H groups in total. The van der Waals surface area contributed by atoms with Crippen molar-refractivity contribution in [1.82, 2.24) is 5.32 Å². The van der Waals surface area contributed by atoms with Gasteiger partial charge in [-0.1, -0.05) is 6.92 Å². The molecule has 1 aliphatic heterocycles. The molecule has 4 heteroatoms. The zero-order valence-corrected chi connectivity index (χ0v) is 9.38. The number of rotatable bonds is 3. The summed E-state index contributed by atoms with van der Waals surface area (Å²) in [5, 5.41) is 11.7. The number of carbonyl (C=O) groups excluding carboxylic acids is 1. The van der Waals surface area contributed by atoms with Gasteiger partial charge in [0, 0.05) is 6.61 Å². The minimum absolute atomic E-state index is 0.0550. The van der Waals surface area contributed by atoms with Gasteiger partial charge < -0.3 is 10.1 Å². The minimum atomic E-state index is -0.742. The number of amides is 1. The highest BCUT2D eigenvalue weighted by molar-refractivity contribution is 5.80. The van der Waals surface area contributed by atoms with Gasteiger partial charge in [0.2, 0.25) is 5.91 Å². The summed E-state index contributed by atoms with van der Waals surface area (Å²) in [7, 11) is 0. The molecule has 0 radical (unpaired) electrons. The molecule has 15 heavy (non-hydrogen) atoms. The van der Waals surface area contributed by atoms with Crippen molar-refractivity contribution < 1.29 is 9.53 Å². The molecule has 0 aromatic rings. The molecule has 1 amide bonds. The van der Waals surface area contributed by atoms with Crippen molar-refractivity contribution in [2.24, 2.45) is 5.92 Å². The lowest BCUT2D eigenvalue weighted by Gasteiger charge is -2.27. The predicted octanol–water partition coefficient (Wildman–Crippen LogP) is 1.22. The fourth-order valence-corrected chi connectivity index (χ4v) is 1.52. The molecule has 4 nitrogen and oxygen atoms in total. The first-order valence-electron chi connectivity index (χ1n) is 5.42.